The molecule has 3 heteroatoms. The van der Waals surface area contributed by atoms with E-state index in [2.05, 4.69) is 4.74 Å². The molecule has 1 aromatic carbocycles. The van der Waals surface area contributed by atoms with Gasteiger partial charge in [0.05, 0.1) is 0 Å². The maximum absolute atomic E-state index is 9.90. The van der Waals surface area contributed by atoms with Gasteiger partial charge in [0.25, 0.3) is 6.47 Å². The highest BCUT2D eigenvalue weighted by atomic mass is 35.5. The number of para-hydroxylation sites is 1. The molecule has 0 amide bonds. The van der Waals surface area contributed by atoms with Crippen molar-refractivity contribution in [2.24, 2.45) is 0 Å². The van der Waals surface area contributed by atoms with Gasteiger partial charge in [-0.2, -0.15) is 0 Å². The van der Waals surface area contributed by atoms with Gasteiger partial charge in [-0.3, -0.25) is 4.79 Å². The summed E-state index contributed by atoms with van der Waals surface area (Å²) < 4.78 is 4.66. The lowest BCUT2D eigenvalue weighted by molar-refractivity contribution is -0.120. The van der Waals surface area contributed by atoms with Crippen molar-refractivity contribution >= 4 is 18.9 Å². The van der Waals surface area contributed by atoms with Crippen LogP contribution in [-0.2, 0) is 4.79 Å². The minimum Gasteiger partial charge on any atom is -0.428 e. The lowest BCUT2D eigenvalue weighted by Crippen LogP contribution is -1.89. The summed E-state index contributed by atoms with van der Waals surface area (Å²) in [5.74, 6) is 0.623. The molecule has 0 radical (unpaired) electrons. The van der Waals surface area contributed by atoms with E-state index in [9.17, 15) is 4.79 Å². The quantitative estimate of drug-likeness (QED) is 0.638. The Hall–Kier alpha value is -1.02. The van der Waals surface area contributed by atoms with Crippen molar-refractivity contribution in [3.63, 3.8) is 0 Å². The lowest BCUT2D eigenvalue weighted by atomic mass is 10.2. The largest absolute Gasteiger partial charge is 0.428 e. The zero-order valence-corrected chi connectivity index (χ0v) is 6.93. The Labute approximate surface area is 71.6 Å². The number of carbonyl (C=O) groups excluding carboxylic acids is 1. The zero-order valence-electron chi connectivity index (χ0n) is 6.11. The SMILES string of the molecule is Cc1ccccc1OC=O.Cl. The summed E-state index contributed by atoms with van der Waals surface area (Å²) in [5.41, 5.74) is 0.967. The van der Waals surface area contributed by atoms with Crippen LogP contribution in [0.3, 0.4) is 0 Å². The molecule has 60 valence electrons. The average Bonchev–Trinajstić information content (AvgIpc) is 1.94. The summed E-state index contributed by atoms with van der Waals surface area (Å²) in [6.07, 6.45) is 0. The molecule has 0 aliphatic carbocycles. The van der Waals surface area contributed by atoms with E-state index in [0.717, 1.165) is 5.56 Å². The summed E-state index contributed by atoms with van der Waals surface area (Å²) in [6, 6.07) is 7.36. The van der Waals surface area contributed by atoms with E-state index in [1.807, 2.05) is 25.1 Å². The smallest absolute Gasteiger partial charge is 0.298 e. The van der Waals surface area contributed by atoms with Crippen molar-refractivity contribution in [3.05, 3.63) is 29.8 Å². The molecule has 2 nitrogen and oxygen atoms in total. The highest BCUT2D eigenvalue weighted by Crippen LogP contribution is 2.14. The summed E-state index contributed by atoms with van der Waals surface area (Å²) >= 11 is 0. The van der Waals surface area contributed by atoms with Crippen LogP contribution in [0.4, 0.5) is 0 Å². The highest BCUT2D eigenvalue weighted by Gasteiger charge is 1.93. The molecule has 0 aliphatic rings. The van der Waals surface area contributed by atoms with E-state index >= 15 is 0 Å². The highest BCUT2D eigenvalue weighted by molar-refractivity contribution is 5.85. The minimum absolute atomic E-state index is 0. The molecule has 0 fully saturated rings. The molecule has 0 bridgehead atoms. The van der Waals surface area contributed by atoms with E-state index in [1.54, 1.807) is 6.07 Å². The summed E-state index contributed by atoms with van der Waals surface area (Å²) in [6.45, 7) is 2.32. The van der Waals surface area contributed by atoms with Crippen LogP contribution in [-0.4, -0.2) is 6.47 Å². The molecule has 0 spiro atoms. The van der Waals surface area contributed by atoms with E-state index in [-0.39, 0.29) is 12.4 Å². The fourth-order valence-electron chi connectivity index (χ4n) is 0.740. The van der Waals surface area contributed by atoms with Gasteiger partial charge in [0.2, 0.25) is 0 Å². The van der Waals surface area contributed by atoms with Gasteiger partial charge in [-0.1, -0.05) is 18.2 Å². The fourth-order valence-corrected chi connectivity index (χ4v) is 0.740. The van der Waals surface area contributed by atoms with E-state index < -0.39 is 0 Å². The molecule has 0 N–H and O–H groups in total. The maximum Gasteiger partial charge on any atom is 0.298 e. The first kappa shape index (κ1) is 9.98. The Morgan fingerprint density at radius 2 is 2.00 bits per heavy atom. The standard InChI is InChI=1S/C8H8O2.ClH/c1-7-4-2-3-5-8(7)10-6-9;/h2-6H,1H3;1H. The van der Waals surface area contributed by atoms with Gasteiger partial charge in [0, 0.05) is 0 Å². The van der Waals surface area contributed by atoms with Gasteiger partial charge in [-0.05, 0) is 18.6 Å². The second-order valence-electron chi connectivity index (χ2n) is 1.98. The van der Waals surface area contributed by atoms with Crippen molar-refractivity contribution in [1.29, 1.82) is 0 Å². The van der Waals surface area contributed by atoms with Crippen LogP contribution in [0.15, 0.2) is 24.3 Å². The molecule has 0 heterocycles. The molecule has 0 aliphatic heterocycles. The third-order valence-electron chi connectivity index (χ3n) is 1.27. The molecule has 1 aromatic rings. The molecule has 0 unspecified atom stereocenters. The lowest BCUT2D eigenvalue weighted by Gasteiger charge is -1.99. The van der Waals surface area contributed by atoms with Crippen LogP contribution >= 0.6 is 12.4 Å². The van der Waals surface area contributed by atoms with Crippen LogP contribution in [0.1, 0.15) is 5.56 Å². The third-order valence-corrected chi connectivity index (χ3v) is 1.27. The Balaban J connectivity index is 0.000001000. The second kappa shape index (κ2) is 4.74. The molecular weight excluding hydrogens is 164 g/mol. The topological polar surface area (TPSA) is 26.3 Å². The van der Waals surface area contributed by atoms with Gasteiger partial charge < -0.3 is 4.74 Å². The van der Waals surface area contributed by atoms with Crippen LogP contribution in [0.5, 0.6) is 5.75 Å². The van der Waals surface area contributed by atoms with Gasteiger partial charge in [-0.15, -0.1) is 12.4 Å². The second-order valence-corrected chi connectivity index (χ2v) is 1.98. The summed E-state index contributed by atoms with van der Waals surface area (Å²) in [4.78, 5) is 9.90. The van der Waals surface area contributed by atoms with Crippen LogP contribution in [0.25, 0.3) is 0 Å². The molecule has 0 saturated heterocycles. The van der Waals surface area contributed by atoms with Crippen LogP contribution in [0.2, 0.25) is 0 Å². The zero-order chi connectivity index (χ0) is 7.40. The Kier molecular flexibility index (Phi) is 4.30. The average molecular weight is 173 g/mol. The number of hydrogen-bond donors (Lipinski definition) is 0. The number of aryl methyl sites for hydroxylation is 1. The minimum atomic E-state index is 0. The normalized spacial score (nSPS) is 8.09. The summed E-state index contributed by atoms with van der Waals surface area (Å²) in [7, 11) is 0. The Morgan fingerprint density at radius 1 is 1.36 bits per heavy atom. The number of rotatable bonds is 2. The van der Waals surface area contributed by atoms with Gasteiger partial charge in [0.1, 0.15) is 5.75 Å². The molecule has 11 heavy (non-hydrogen) atoms. The van der Waals surface area contributed by atoms with Crippen molar-refractivity contribution < 1.29 is 9.53 Å². The van der Waals surface area contributed by atoms with Crippen molar-refractivity contribution in [2.45, 2.75) is 6.92 Å². The molecule has 0 aromatic heterocycles. The fraction of sp³-hybridized carbons (Fsp3) is 0.125. The maximum atomic E-state index is 9.90. The van der Waals surface area contributed by atoms with Crippen molar-refractivity contribution in [2.75, 3.05) is 0 Å². The number of benzene rings is 1. The van der Waals surface area contributed by atoms with Crippen LogP contribution in [0, 0.1) is 6.92 Å². The number of halogens is 1. The number of carbonyl (C=O) groups is 1. The predicted molar refractivity (Wildman–Crippen MR) is 45.1 cm³/mol. The molecule has 0 atom stereocenters. The first-order valence-electron chi connectivity index (χ1n) is 3.00. The molecule has 0 saturated carbocycles. The third kappa shape index (κ3) is 2.60. The first-order chi connectivity index (χ1) is 4.84. The number of hydrogen-bond acceptors (Lipinski definition) is 2. The first-order valence-corrected chi connectivity index (χ1v) is 3.00. The van der Waals surface area contributed by atoms with Gasteiger partial charge in [0.15, 0.2) is 0 Å². The van der Waals surface area contributed by atoms with E-state index in [0.29, 0.717) is 12.2 Å². The van der Waals surface area contributed by atoms with Crippen LogP contribution < -0.4 is 4.74 Å². The summed E-state index contributed by atoms with van der Waals surface area (Å²) in [5, 5.41) is 0. The van der Waals surface area contributed by atoms with Gasteiger partial charge >= 0.3 is 0 Å². The van der Waals surface area contributed by atoms with Gasteiger partial charge in [-0.25, -0.2) is 0 Å². The number of ether oxygens (including phenoxy) is 1. The van der Waals surface area contributed by atoms with E-state index in [4.69, 9.17) is 0 Å². The Morgan fingerprint density at radius 3 is 2.55 bits per heavy atom. The Bertz CT molecular complexity index is 235. The predicted octanol–water partition coefficient (Wildman–Crippen LogP) is 1.95. The van der Waals surface area contributed by atoms with E-state index in [1.165, 1.54) is 0 Å². The molecular formula is C8H9ClO2. The molecule has 1 rings (SSSR count). The van der Waals surface area contributed by atoms with Crippen molar-refractivity contribution in [3.8, 4) is 5.75 Å². The van der Waals surface area contributed by atoms with Crippen molar-refractivity contribution in [1.82, 2.24) is 0 Å². The monoisotopic (exact) mass is 172 g/mol.